The minimum Gasteiger partial charge on any atom is -0.382 e. The highest BCUT2D eigenvalue weighted by Gasteiger charge is 2.36. The van der Waals surface area contributed by atoms with Gasteiger partial charge in [-0.3, -0.25) is 4.90 Å². The quantitative estimate of drug-likeness (QED) is 0.491. The van der Waals surface area contributed by atoms with Gasteiger partial charge in [0, 0.05) is 55.4 Å². The van der Waals surface area contributed by atoms with E-state index in [1.54, 1.807) is 6.07 Å². The van der Waals surface area contributed by atoms with Gasteiger partial charge in [0.15, 0.2) is 0 Å². The van der Waals surface area contributed by atoms with E-state index in [-0.39, 0.29) is 24.5 Å². The van der Waals surface area contributed by atoms with Crippen LogP contribution in [0.15, 0.2) is 53.5 Å². The molecule has 0 aliphatic carbocycles. The average Bonchev–Trinajstić information content (AvgIpc) is 3.26. The van der Waals surface area contributed by atoms with Crippen molar-refractivity contribution in [1.82, 2.24) is 24.6 Å². The Bertz CT molecular complexity index is 1080. The summed E-state index contributed by atoms with van der Waals surface area (Å²) in [6.45, 7) is 3.66. The number of β-amino-alcohol motifs (C(OH)–C–C–N with tert-alkyl or cyclic N) is 1. The minimum absolute atomic E-state index is 0.0153. The summed E-state index contributed by atoms with van der Waals surface area (Å²) >= 11 is 3.27. The van der Waals surface area contributed by atoms with E-state index in [0.29, 0.717) is 29.5 Å². The monoisotopic (exact) mass is 523 g/mol. The molecule has 1 unspecified atom stereocenters. The van der Waals surface area contributed by atoms with Gasteiger partial charge in [0.1, 0.15) is 35.7 Å². The standard InChI is InChI=1S/C23H25BrF3N5O/c24-18-2-1-17(21(26)11-18)5-6-30-7-9-31(10-8-30)13-23(33,14-32-16-28-15-29-32)20-4-3-19(25)12-22(20)27/h1-4,11-12,15-16,33H,5-10,13-14H2. The van der Waals surface area contributed by atoms with E-state index in [2.05, 4.69) is 35.8 Å². The molecule has 1 N–H and O–H groups in total. The first-order valence-corrected chi connectivity index (χ1v) is 11.5. The van der Waals surface area contributed by atoms with Crippen molar-refractivity contribution in [1.29, 1.82) is 0 Å². The second kappa shape index (κ2) is 10.3. The second-order valence-electron chi connectivity index (χ2n) is 8.35. The number of nitrogens with zero attached hydrogens (tertiary/aromatic N) is 5. The fourth-order valence-corrected chi connectivity index (χ4v) is 4.55. The Morgan fingerprint density at radius 1 is 0.939 bits per heavy atom. The second-order valence-corrected chi connectivity index (χ2v) is 9.27. The number of benzene rings is 2. The zero-order chi connectivity index (χ0) is 23.4. The lowest BCUT2D eigenvalue weighted by Gasteiger charge is -2.39. The van der Waals surface area contributed by atoms with Crippen molar-refractivity contribution < 1.29 is 18.3 Å². The van der Waals surface area contributed by atoms with Crippen LogP contribution in [0.5, 0.6) is 0 Å². The van der Waals surface area contributed by atoms with Gasteiger partial charge < -0.3 is 10.0 Å². The Morgan fingerprint density at radius 2 is 1.70 bits per heavy atom. The van der Waals surface area contributed by atoms with Crippen molar-refractivity contribution in [2.45, 2.75) is 18.6 Å². The van der Waals surface area contributed by atoms with E-state index in [1.165, 1.54) is 29.5 Å². The minimum atomic E-state index is -1.62. The number of aliphatic hydroxyl groups is 1. The number of hydrogen-bond acceptors (Lipinski definition) is 5. The third-order valence-electron chi connectivity index (χ3n) is 5.99. The van der Waals surface area contributed by atoms with Gasteiger partial charge in [-0.1, -0.05) is 28.1 Å². The van der Waals surface area contributed by atoms with Crippen LogP contribution in [-0.2, 0) is 18.6 Å². The van der Waals surface area contributed by atoms with Crippen molar-refractivity contribution >= 4 is 15.9 Å². The molecule has 10 heteroatoms. The van der Waals surface area contributed by atoms with E-state index in [9.17, 15) is 18.3 Å². The van der Waals surface area contributed by atoms with Gasteiger partial charge in [0.2, 0.25) is 0 Å². The Balaban J connectivity index is 1.39. The number of hydrogen-bond donors (Lipinski definition) is 1. The van der Waals surface area contributed by atoms with Crippen LogP contribution in [-0.4, -0.2) is 68.9 Å². The maximum Gasteiger partial charge on any atom is 0.137 e. The first-order valence-electron chi connectivity index (χ1n) is 10.7. The lowest BCUT2D eigenvalue weighted by Crippen LogP contribution is -2.52. The molecule has 1 atom stereocenters. The summed E-state index contributed by atoms with van der Waals surface area (Å²) in [5.41, 5.74) is -0.920. The van der Waals surface area contributed by atoms with Crippen LogP contribution in [0.1, 0.15) is 11.1 Å². The molecule has 176 valence electrons. The van der Waals surface area contributed by atoms with Gasteiger partial charge in [0.05, 0.1) is 6.54 Å². The topological polar surface area (TPSA) is 57.4 Å². The summed E-state index contributed by atoms with van der Waals surface area (Å²) in [6, 6.07) is 8.30. The molecular weight excluding hydrogens is 499 g/mol. The largest absolute Gasteiger partial charge is 0.382 e. The van der Waals surface area contributed by atoms with Crippen LogP contribution in [0.2, 0.25) is 0 Å². The molecule has 2 aromatic carbocycles. The number of halogens is 4. The van der Waals surface area contributed by atoms with E-state index in [0.717, 1.165) is 31.8 Å². The Kier molecular flexibility index (Phi) is 7.48. The van der Waals surface area contributed by atoms with Gasteiger partial charge in [-0.15, -0.1) is 0 Å². The summed E-state index contributed by atoms with van der Waals surface area (Å²) < 4.78 is 44.3. The molecule has 0 amide bonds. The highest BCUT2D eigenvalue weighted by molar-refractivity contribution is 9.10. The molecule has 1 aliphatic heterocycles. The van der Waals surface area contributed by atoms with E-state index in [4.69, 9.17) is 0 Å². The molecule has 3 aromatic rings. The van der Waals surface area contributed by atoms with E-state index < -0.39 is 17.2 Å². The van der Waals surface area contributed by atoms with E-state index in [1.807, 2.05) is 6.07 Å². The highest BCUT2D eigenvalue weighted by Crippen LogP contribution is 2.28. The average molecular weight is 524 g/mol. The fourth-order valence-electron chi connectivity index (χ4n) is 4.21. The Morgan fingerprint density at radius 3 is 2.36 bits per heavy atom. The van der Waals surface area contributed by atoms with Crippen LogP contribution in [0.4, 0.5) is 13.2 Å². The molecule has 0 spiro atoms. The fraction of sp³-hybridized carbons (Fsp3) is 0.391. The van der Waals surface area contributed by atoms with Crippen molar-refractivity contribution in [2.24, 2.45) is 0 Å². The summed E-state index contributed by atoms with van der Waals surface area (Å²) in [5.74, 6) is -1.72. The summed E-state index contributed by atoms with van der Waals surface area (Å²) in [6.07, 6.45) is 3.40. The third-order valence-corrected chi connectivity index (χ3v) is 6.48. The van der Waals surface area contributed by atoms with Crippen molar-refractivity contribution in [3.05, 3.63) is 82.1 Å². The molecule has 4 rings (SSSR count). The number of rotatable bonds is 8. The first kappa shape index (κ1) is 23.9. The summed E-state index contributed by atoms with van der Waals surface area (Å²) in [5, 5.41) is 15.5. The Hall–Kier alpha value is -2.27. The SMILES string of the molecule is OC(CN1CCN(CCc2ccc(Br)cc2F)CC1)(Cn1cncn1)c1ccc(F)cc1F. The molecule has 6 nitrogen and oxygen atoms in total. The third kappa shape index (κ3) is 6.00. The van der Waals surface area contributed by atoms with Crippen molar-refractivity contribution in [3.8, 4) is 0 Å². The zero-order valence-corrected chi connectivity index (χ0v) is 19.6. The van der Waals surface area contributed by atoms with Gasteiger partial charge in [-0.2, -0.15) is 5.10 Å². The molecule has 0 radical (unpaired) electrons. The van der Waals surface area contributed by atoms with Crippen LogP contribution in [0, 0.1) is 17.5 Å². The van der Waals surface area contributed by atoms with Crippen molar-refractivity contribution in [2.75, 3.05) is 39.3 Å². The molecule has 0 saturated carbocycles. The summed E-state index contributed by atoms with van der Waals surface area (Å²) in [7, 11) is 0. The molecular formula is C23H25BrF3N5O. The zero-order valence-electron chi connectivity index (χ0n) is 18.0. The summed E-state index contributed by atoms with van der Waals surface area (Å²) in [4.78, 5) is 8.18. The molecule has 1 saturated heterocycles. The molecule has 2 heterocycles. The maximum atomic E-state index is 14.6. The lowest BCUT2D eigenvalue weighted by molar-refractivity contribution is -0.0317. The van der Waals surface area contributed by atoms with Gasteiger partial charge >= 0.3 is 0 Å². The molecule has 1 aliphatic rings. The number of aromatic nitrogens is 3. The van der Waals surface area contributed by atoms with E-state index >= 15 is 0 Å². The number of piperazine rings is 1. The molecule has 33 heavy (non-hydrogen) atoms. The Labute approximate surface area is 198 Å². The van der Waals surface area contributed by atoms with Crippen molar-refractivity contribution in [3.63, 3.8) is 0 Å². The maximum absolute atomic E-state index is 14.6. The smallest absolute Gasteiger partial charge is 0.137 e. The van der Waals surface area contributed by atoms with Gasteiger partial charge in [0.25, 0.3) is 0 Å². The van der Waals surface area contributed by atoms with Crippen LogP contribution in [0.3, 0.4) is 0 Å². The van der Waals surface area contributed by atoms with Crippen LogP contribution in [0.25, 0.3) is 0 Å². The van der Waals surface area contributed by atoms with Gasteiger partial charge in [-0.05, 0) is 30.2 Å². The lowest BCUT2D eigenvalue weighted by atomic mass is 9.92. The molecule has 1 fully saturated rings. The van der Waals surface area contributed by atoms with Crippen LogP contribution >= 0.6 is 15.9 Å². The molecule has 1 aromatic heterocycles. The predicted molar refractivity (Wildman–Crippen MR) is 121 cm³/mol. The molecule has 0 bridgehead atoms. The first-order chi connectivity index (χ1) is 15.8. The highest BCUT2D eigenvalue weighted by atomic mass is 79.9. The van der Waals surface area contributed by atoms with Gasteiger partial charge in [-0.25, -0.2) is 22.8 Å². The van der Waals surface area contributed by atoms with Crippen LogP contribution < -0.4 is 0 Å². The predicted octanol–water partition coefficient (Wildman–Crippen LogP) is 3.21. The normalized spacial score (nSPS) is 17.2.